The van der Waals surface area contributed by atoms with Crippen LogP contribution in [0.4, 0.5) is 16.2 Å². The van der Waals surface area contributed by atoms with Crippen LogP contribution in [-0.2, 0) is 9.53 Å². The molecule has 8 rings (SSSR count). The number of para-hydroxylation sites is 2. The number of isocyanates is 1. The smallest absolute Gasteiger partial charge is 0.411 e. The number of aryl methyl sites for hydroxylation is 4. The molecule has 0 spiro atoms. The summed E-state index contributed by atoms with van der Waals surface area (Å²) in [4.78, 5) is 78.7. The SMILES string of the molecule is Cc1cc(C)cc(C(=O)N(NC(=O)c2ccc3c(c2C)O[C@@H](CO)CO3)C(C)(C)C)c1.Cc1cc(C)cc(C(=O)N(NC(=O)c2ccc3c(c2C)O[C@@H](COC(=O)Nc2ccccc2)CO3)C(C)(C)C)c1.O=C=Nc1ccccc1. The van der Waals surface area contributed by atoms with E-state index in [4.69, 9.17) is 23.7 Å². The molecular weight excluding hydrogens is 1020 g/mol. The van der Waals surface area contributed by atoms with Crippen molar-refractivity contribution in [3.05, 3.63) is 177 Å². The molecule has 0 fully saturated rings. The molecule has 18 nitrogen and oxygen atoms in total. The Hall–Kier alpha value is -8.99. The number of carbonyl (C=O) groups is 5. The summed E-state index contributed by atoms with van der Waals surface area (Å²) in [6, 6.07) is 35.8. The largest absolute Gasteiger partial charge is 0.486 e. The van der Waals surface area contributed by atoms with Crippen LogP contribution in [-0.4, -0.2) is 101 Å². The number of anilines is 1. The van der Waals surface area contributed by atoms with Gasteiger partial charge in [0, 0.05) is 39.1 Å². The molecule has 2 atom stereocenters. The lowest BCUT2D eigenvalue weighted by molar-refractivity contribution is 0.0344. The number of nitrogens with zero attached hydrogens (tertiary/aromatic N) is 3. The molecule has 6 aromatic carbocycles. The number of aliphatic hydroxyl groups excluding tert-OH is 1. The number of carbonyl (C=O) groups excluding carboxylic acids is 6. The number of benzene rings is 6. The summed E-state index contributed by atoms with van der Waals surface area (Å²) in [5.41, 5.74) is 12.2. The van der Waals surface area contributed by atoms with Crippen LogP contribution in [0, 0.1) is 41.5 Å². The molecule has 4 N–H and O–H groups in total. The van der Waals surface area contributed by atoms with Crippen LogP contribution >= 0.6 is 0 Å². The van der Waals surface area contributed by atoms with Crippen LogP contribution < -0.4 is 35.1 Å². The molecule has 0 aromatic heterocycles. The van der Waals surface area contributed by atoms with Crippen molar-refractivity contribution in [2.45, 2.75) is 106 Å². The zero-order chi connectivity index (χ0) is 58.5. The minimum absolute atomic E-state index is 0.0455. The van der Waals surface area contributed by atoms with Crippen molar-refractivity contribution < 1.29 is 57.6 Å². The third-order valence-corrected chi connectivity index (χ3v) is 12.3. The van der Waals surface area contributed by atoms with Crippen molar-refractivity contribution in [2.24, 2.45) is 4.99 Å². The van der Waals surface area contributed by atoms with Crippen molar-refractivity contribution in [1.29, 1.82) is 0 Å². The summed E-state index contributed by atoms with van der Waals surface area (Å²) in [5.74, 6) is 0.340. The summed E-state index contributed by atoms with van der Waals surface area (Å²) in [6.07, 6.45) is -0.202. The molecule has 0 bridgehead atoms. The molecule has 2 heterocycles. The monoisotopic (exact) mass is 1090 g/mol. The van der Waals surface area contributed by atoms with Gasteiger partial charge in [0.25, 0.3) is 23.6 Å². The second-order valence-corrected chi connectivity index (χ2v) is 21.3. The van der Waals surface area contributed by atoms with E-state index in [1.165, 1.54) is 16.1 Å². The average Bonchev–Trinajstić information content (AvgIpc) is 3.50. The maximum atomic E-state index is 13.5. The first-order chi connectivity index (χ1) is 37.9. The van der Waals surface area contributed by atoms with Gasteiger partial charge >= 0.3 is 6.09 Å². The lowest BCUT2D eigenvalue weighted by Crippen LogP contribution is -2.56. The Labute approximate surface area is 467 Å². The Balaban J connectivity index is 0.000000228. The molecule has 0 radical (unpaired) electrons. The molecule has 18 heteroatoms. The number of aliphatic hydroxyl groups is 1. The Morgan fingerprint density at radius 2 is 1.01 bits per heavy atom. The summed E-state index contributed by atoms with van der Waals surface area (Å²) < 4.78 is 28.6. The van der Waals surface area contributed by atoms with Crippen LogP contribution in [0.2, 0.25) is 0 Å². The van der Waals surface area contributed by atoms with Crippen molar-refractivity contribution >= 4 is 47.2 Å². The van der Waals surface area contributed by atoms with E-state index in [0.29, 0.717) is 67.8 Å². The molecular formula is C62H70N6O12. The van der Waals surface area contributed by atoms with E-state index in [0.717, 1.165) is 22.3 Å². The van der Waals surface area contributed by atoms with E-state index in [-0.39, 0.29) is 38.2 Å². The minimum atomic E-state index is -0.700. The van der Waals surface area contributed by atoms with E-state index in [9.17, 15) is 33.9 Å². The van der Waals surface area contributed by atoms with E-state index >= 15 is 0 Å². The van der Waals surface area contributed by atoms with Crippen molar-refractivity contribution in [1.82, 2.24) is 20.9 Å². The predicted octanol–water partition coefficient (Wildman–Crippen LogP) is 10.6. The summed E-state index contributed by atoms with van der Waals surface area (Å²) >= 11 is 0. The Morgan fingerprint density at radius 3 is 1.43 bits per heavy atom. The molecule has 420 valence electrons. The number of amides is 5. The zero-order valence-corrected chi connectivity index (χ0v) is 47.3. The zero-order valence-electron chi connectivity index (χ0n) is 47.3. The fraction of sp³-hybridized carbons (Fsp3) is 0.323. The number of nitrogens with one attached hydrogen (secondary N) is 3. The number of hydrazine groups is 2. The van der Waals surface area contributed by atoms with Gasteiger partial charge in [-0.25, -0.2) is 19.6 Å². The maximum absolute atomic E-state index is 13.5. The van der Waals surface area contributed by atoms with Gasteiger partial charge in [0.05, 0.1) is 23.4 Å². The summed E-state index contributed by atoms with van der Waals surface area (Å²) in [7, 11) is 0. The lowest BCUT2D eigenvalue weighted by Gasteiger charge is -2.36. The fourth-order valence-corrected chi connectivity index (χ4v) is 8.51. The van der Waals surface area contributed by atoms with Crippen molar-refractivity contribution in [3.63, 3.8) is 0 Å². The van der Waals surface area contributed by atoms with Gasteiger partial charge in [-0.2, -0.15) is 4.99 Å². The Bertz CT molecular complexity index is 3220. The molecule has 0 saturated carbocycles. The summed E-state index contributed by atoms with van der Waals surface area (Å²) in [5, 5.41) is 14.7. The third kappa shape index (κ3) is 16.1. The van der Waals surface area contributed by atoms with Crippen LogP contribution in [0.15, 0.2) is 126 Å². The molecule has 0 unspecified atom stereocenters. The number of hydrogen-bond acceptors (Lipinski definition) is 13. The van der Waals surface area contributed by atoms with Crippen LogP contribution in [0.1, 0.15) is 116 Å². The lowest BCUT2D eigenvalue weighted by atomic mass is 10.0. The van der Waals surface area contributed by atoms with Gasteiger partial charge in [0.15, 0.2) is 35.2 Å². The van der Waals surface area contributed by atoms with Gasteiger partial charge in [0.2, 0.25) is 6.08 Å². The molecule has 0 saturated heterocycles. The first-order valence-electron chi connectivity index (χ1n) is 25.9. The molecule has 2 aliphatic rings. The van der Waals surface area contributed by atoms with Gasteiger partial charge in [0.1, 0.15) is 19.8 Å². The molecule has 6 aromatic rings. The van der Waals surface area contributed by atoms with E-state index < -0.39 is 41.2 Å². The quantitative estimate of drug-likeness (QED) is 0.0603. The molecule has 5 amide bonds. The van der Waals surface area contributed by atoms with E-state index in [1.807, 2.05) is 118 Å². The van der Waals surface area contributed by atoms with Crippen molar-refractivity contribution in [3.8, 4) is 23.0 Å². The number of ether oxygens (including phenoxy) is 5. The first-order valence-corrected chi connectivity index (χ1v) is 25.9. The fourth-order valence-electron chi connectivity index (χ4n) is 8.51. The van der Waals surface area contributed by atoms with Gasteiger partial charge in [-0.15, -0.1) is 0 Å². The molecule has 2 aliphatic heterocycles. The van der Waals surface area contributed by atoms with E-state index in [2.05, 4.69) is 21.2 Å². The highest BCUT2D eigenvalue weighted by Crippen LogP contribution is 2.38. The van der Waals surface area contributed by atoms with Crippen LogP contribution in [0.5, 0.6) is 23.0 Å². The van der Waals surface area contributed by atoms with Crippen LogP contribution in [0.3, 0.4) is 0 Å². The predicted molar refractivity (Wildman–Crippen MR) is 304 cm³/mol. The van der Waals surface area contributed by atoms with Gasteiger partial charge < -0.3 is 28.8 Å². The van der Waals surface area contributed by atoms with Gasteiger partial charge in [-0.3, -0.25) is 35.3 Å². The number of aliphatic imine (C=N–C) groups is 1. The number of hydrogen-bond donors (Lipinski definition) is 4. The minimum Gasteiger partial charge on any atom is -0.486 e. The highest BCUT2D eigenvalue weighted by atomic mass is 16.6. The standard InChI is InChI=1S/C31H35N3O6.C24H30N2O5.C7H5NO/c1-19-14-20(2)16-22(15-19)29(36)34(31(4,5)6)33-28(35)25-12-13-26-27(21(25)3)40-24(17-38-26)18-39-30(37)32-23-10-8-7-9-11-23;1-14-9-15(2)11-17(10-14)23(29)26(24(4,5)6)25-22(28)19-7-8-20-21(16(19)3)31-18(12-27)13-30-20;9-6-8-7-4-2-1-3-5-7/h7-16,24H,17-18H2,1-6H3,(H,32,37)(H,33,35);7-11,18,27H,12-13H2,1-6H3,(H,25,28);1-5H/t24-;18-;/m10./s1. The van der Waals surface area contributed by atoms with E-state index in [1.54, 1.807) is 86.6 Å². The highest BCUT2D eigenvalue weighted by molar-refractivity contribution is 6.02. The Morgan fingerprint density at radius 1 is 0.600 bits per heavy atom. The molecule has 0 aliphatic carbocycles. The second-order valence-electron chi connectivity index (χ2n) is 21.3. The summed E-state index contributed by atoms with van der Waals surface area (Å²) in [6.45, 7) is 22.5. The first kappa shape index (κ1) is 60.2. The normalized spacial score (nSPS) is 14.0. The third-order valence-electron chi connectivity index (χ3n) is 12.3. The van der Waals surface area contributed by atoms with Crippen LogP contribution in [0.25, 0.3) is 0 Å². The van der Waals surface area contributed by atoms with Gasteiger partial charge in [-0.1, -0.05) is 70.8 Å². The maximum Gasteiger partial charge on any atom is 0.411 e. The van der Waals surface area contributed by atoms with Gasteiger partial charge in [-0.05, 0) is 156 Å². The average molecular weight is 1090 g/mol. The number of rotatable bonds is 9. The number of fused-ring (bicyclic) bond motifs is 2. The van der Waals surface area contributed by atoms with Crippen molar-refractivity contribution in [2.75, 3.05) is 31.7 Å². The second kappa shape index (κ2) is 26.6. The topological polar surface area (TPSA) is 224 Å². The highest BCUT2D eigenvalue weighted by Gasteiger charge is 2.34. The molecule has 80 heavy (non-hydrogen) atoms. The Kier molecular flexibility index (Phi) is 20.0.